The van der Waals surface area contributed by atoms with Crippen molar-refractivity contribution in [3.05, 3.63) is 26.2 Å². The van der Waals surface area contributed by atoms with Gasteiger partial charge in [0.05, 0.1) is 6.20 Å². The smallest absolute Gasteiger partial charge is 0.267 e. The summed E-state index contributed by atoms with van der Waals surface area (Å²) >= 11 is 2.04. The molecule has 1 rings (SSSR count). The van der Waals surface area contributed by atoms with Crippen molar-refractivity contribution in [2.45, 2.75) is 19.4 Å². The Bertz CT molecular complexity index is 403. The first-order valence-corrected chi connectivity index (χ1v) is 5.64. The van der Waals surface area contributed by atoms with Crippen LogP contribution in [0.2, 0.25) is 0 Å². The molecule has 1 N–H and O–H groups in total. The SMILES string of the molecule is CNC(=O)CCCn1ncc(I)cc1=O. The molecule has 0 saturated carbocycles. The molecular formula is C9H12IN3O2. The molecule has 6 heteroatoms. The molecule has 0 unspecified atom stereocenters. The van der Waals surface area contributed by atoms with E-state index in [-0.39, 0.29) is 11.5 Å². The maximum atomic E-state index is 11.4. The van der Waals surface area contributed by atoms with Gasteiger partial charge in [-0.05, 0) is 29.0 Å². The lowest BCUT2D eigenvalue weighted by Crippen LogP contribution is -2.24. The molecule has 1 aromatic rings. The van der Waals surface area contributed by atoms with Crippen molar-refractivity contribution < 1.29 is 4.79 Å². The molecule has 1 heterocycles. The summed E-state index contributed by atoms with van der Waals surface area (Å²) < 4.78 is 2.19. The molecule has 82 valence electrons. The fourth-order valence-corrected chi connectivity index (χ4v) is 1.48. The number of hydrogen-bond acceptors (Lipinski definition) is 3. The van der Waals surface area contributed by atoms with Crippen LogP contribution < -0.4 is 10.9 Å². The molecule has 0 radical (unpaired) electrons. The summed E-state index contributed by atoms with van der Waals surface area (Å²) in [5.41, 5.74) is -0.126. The summed E-state index contributed by atoms with van der Waals surface area (Å²) in [5, 5.41) is 6.49. The van der Waals surface area contributed by atoms with Crippen LogP contribution in [0.1, 0.15) is 12.8 Å². The van der Waals surface area contributed by atoms with Crippen molar-refractivity contribution in [2.75, 3.05) is 7.05 Å². The molecule has 0 aromatic carbocycles. The van der Waals surface area contributed by atoms with Crippen molar-refractivity contribution in [1.82, 2.24) is 15.1 Å². The second kappa shape index (κ2) is 5.84. The Balaban J connectivity index is 2.51. The Morgan fingerprint density at radius 1 is 1.67 bits per heavy atom. The number of aromatic nitrogens is 2. The van der Waals surface area contributed by atoms with E-state index in [1.54, 1.807) is 13.2 Å². The van der Waals surface area contributed by atoms with Crippen molar-refractivity contribution >= 4 is 28.5 Å². The van der Waals surface area contributed by atoms with E-state index >= 15 is 0 Å². The third-order valence-electron chi connectivity index (χ3n) is 1.89. The van der Waals surface area contributed by atoms with Gasteiger partial charge in [-0.3, -0.25) is 9.59 Å². The van der Waals surface area contributed by atoms with Gasteiger partial charge in [0.1, 0.15) is 0 Å². The molecule has 15 heavy (non-hydrogen) atoms. The van der Waals surface area contributed by atoms with Crippen LogP contribution in [0.4, 0.5) is 0 Å². The summed E-state index contributed by atoms with van der Waals surface area (Å²) in [4.78, 5) is 22.3. The first kappa shape index (κ1) is 12.2. The highest BCUT2D eigenvalue weighted by atomic mass is 127. The first-order chi connectivity index (χ1) is 7.13. The molecule has 0 aliphatic carbocycles. The summed E-state index contributed by atoms with van der Waals surface area (Å²) in [5.74, 6) is -0.0199. The number of nitrogens with one attached hydrogen (secondary N) is 1. The van der Waals surface area contributed by atoms with E-state index in [2.05, 4.69) is 10.4 Å². The number of amides is 1. The Hall–Kier alpha value is -0.920. The lowest BCUT2D eigenvalue weighted by molar-refractivity contribution is -0.120. The topological polar surface area (TPSA) is 64.0 Å². The molecule has 0 saturated heterocycles. The fraction of sp³-hybridized carbons (Fsp3) is 0.444. The number of hydrogen-bond donors (Lipinski definition) is 1. The second-order valence-corrected chi connectivity index (χ2v) is 4.26. The molecule has 0 bridgehead atoms. The quantitative estimate of drug-likeness (QED) is 0.815. The van der Waals surface area contributed by atoms with Gasteiger partial charge in [0.2, 0.25) is 5.91 Å². The number of halogens is 1. The lowest BCUT2D eigenvalue weighted by Gasteiger charge is -2.03. The number of carbonyl (C=O) groups excluding carboxylic acids is 1. The van der Waals surface area contributed by atoms with Crippen LogP contribution in [-0.2, 0) is 11.3 Å². The molecule has 0 fully saturated rings. The van der Waals surface area contributed by atoms with Gasteiger partial charge in [0.15, 0.2) is 0 Å². The Morgan fingerprint density at radius 2 is 2.40 bits per heavy atom. The molecule has 0 aliphatic heterocycles. The van der Waals surface area contributed by atoms with Gasteiger partial charge >= 0.3 is 0 Å². The molecule has 1 amide bonds. The minimum Gasteiger partial charge on any atom is -0.359 e. The highest BCUT2D eigenvalue weighted by molar-refractivity contribution is 14.1. The third-order valence-corrected chi connectivity index (χ3v) is 2.48. The maximum Gasteiger partial charge on any atom is 0.267 e. The van der Waals surface area contributed by atoms with Gasteiger partial charge in [-0.15, -0.1) is 0 Å². The van der Waals surface area contributed by atoms with Gasteiger partial charge in [0.25, 0.3) is 5.56 Å². The maximum absolute atomic E-state index is 11.4. The van der Waals surface area contributed by atoms with Crippen LogP contribution in [0.5, 0.6) is 0 Å². The summed E-state index contributed by atoms with van der Waals surface area (Å²) in [6.07, 6.45) is 2.66. The van der Waals surface area contributed by atoms with Crippen LogP contribution in [0.15, 0.2) is 17.1 Å². The lowest BCUT2D eigenvalue weighted by atomic mass is 10.3. The second-order valence-electron chi connectivity index (χ2n) is 3.01. The monoisotopic (exact) mass is 321 g/mol. The summed E-state index contributed by atoms with van der Waals surface area (Å²) in [6, 6.07) is 1.52. The Morgan fingerprint density at radius 3 is 3.00 bits per heavy atom. The number of rotatable bonds is 4. The van der Waals surface area contributed by atoms with E-state index in [0.717, 1.165) is 3.57 Å². The number of carbonyl (C=O) groups is 1. The molecule has 0 spiro atoms. The third kappa shape index (κ3) is 3.98. The van der Waals surface area contributed by atoms with Crippen LogP contribution in [-0.4, -0.2) is 22.7 Å². The van der Waals surface area contributed by atoms with E-state index in [1.165, 1.54) is 10.7 Å². The predicted octanol–water partition coefficient (Wildman–Crippen LogP) is 0.374. The molecule has 0 atom stereocenters. The van der Waals surface area contributed by atoms with Gasteiger partial charge in [0, 0.05) is 29.6 Å². The van der Waals surface area contributed by atoms with Crippen molar-refractivity contribution in [3.63, 3.8) is 0 Å². The molecule has 0 aliphatic rings. The van der Waals surface area contributed by atoms with E-state index in [1.807, 2.05) is 22.6 Å². The van der Waals surface area contributed by atoms with E-state index in [0.29, 0.717) is 19.4 Å². The first-order valence-electron chi connectivity index (χ1n) is 4.56. The Labute approximate surface area is 101 Å². The minimum atomic E-state index is -0.126. The molecule has 1 aromatic heterocycles. The number of nitrogens with zero attached hydrogens (tertiary/aromatic N) is 2. The average molecular weight is 321 g/mol. The summed E-state index contributed by atoms with van der Waals surface area (Å²) in [7, 11) is 1.59. The minimum absolute atomic E-state index is 0.0199. The molecule has 5 nitrogen and oxygen atoms in total. The largest absolute Gasteiger partial charge is 0.359 e. The summed E-state index contributed by atoms with van der Waals surface area (Å²) in [6.45, 7) is 0.475. The van der Waals surface area contributed by atoms with Gasteiger partial charge in [-0.25, -0.2) is 4.68 Å². The van der Waals surface area contributed by atoms with Crippen LogP contribution >= 0.6 is 22.6 Å². The highest BCUT2D eigenvalue weighted by Gasteiger charge is 2.01. The van der Waals surface area contributed by atoms with Gasteiger partial charge < -0.3 is 5.32 Å². The zero-order valence-electron chi connectivity index (χ0n) is 8.36. The van der Waals surface area contributed by atoms with E-state index in [9.17, 15) is 9.59 Å². The fourth-order valence-electron chi connectivity index (χ4n) is 1.09. The predicted molar refractivity (Wildman–Crippen MR) is 64.5 cm³/mol. The number of aryl methyl sites for hydroxylation is 1. The van der Waals surface area contributed by atoms with E-state index in [4.69, 9.17) is 0 Å². The standard InChI is InChI=1S/C9H12IN3O2/c1-11-8(14)3-2-4-13-9(15)5-7(10)6-12-13/h5-6H,2-4H2,1H3,(H,11,14). The average Bonchev–Trinajstić information content (AvgIpc) is 2.21. The van der Waals surface area contributed by atoms with Gasteiger partial charge in [-0.1, -0.05) is 0 Å². The normalized spacial score (nSPS) is 10.0. The van der Waals surface area contributed by atoms with E-state index < -0.39 is 0 Å². The zero-order valence-corrected chi connectivity index (χ0v) is 10.5. The van der Waals surface area contributed by atoms with Crippen LogP contribution in [0, 0.1) is 3.57 Å². The van der Waals surface area contributed by atoms with Crippen molar-refractivity contribution in [3.8, 4) is 0 Å². The van der Waals surface area contributed by atoms with Crippen LogP contribution in [0.3, 0.4) is 0 Å². The van der Waals surface area contributed by atoms with Crippen molar-refractivity contribution in [1.29, 1.82) is 0 Å². The highest BCUT2D eigenvalue weighted by Crippen LogP contribution is 1.97. The van der Waals surface area contributed by atoms with Crippen LogP contribution in [0.25, 0.3) is 0 Å². The zero-order chi connectivity index (χ0) is 11.3. The molecular weight excluding hydrogens is 309 g/mol. The van der Waals surface area contributed by atoms with Gasteiger partial charge in [-0.2, -0.15) is 5.10 Å². The Kier molecular flexibility index (Phi) is 4.73. The van der Waals surface area contributed by atoms with Crippen molar-refractivity contribution in [2.24, 2.45) is 0 Å².